The van der Waals surface area contributed by atoms with Gasteiger partial charge in [-0.05, 0) is 36.6 Å². The Morgan fingerprint density at radius 1 is 1.13 bits per heavy atom. The number of hydrogen-bond donors (Lipinski definition) is 0. The van der Waals surface area contributed by atoms with Crippen LogP contribution in [0.4, 0.5) is 4.79 Å². The van der Waals surface area contributed by atoms with E-state index in [2.05, 4.69) is 6.07 Å². The van der Waals surface area contributed by atoms with Crippen LogP contribution in [0.1, 0.15) is 34.3 Å². The Morgan fingerprint density at radius 2 is 1.84 bits per heavy atom. The number of fused-ring (bicyclic) bond motifs is 2. The number of nitrogens with zero attached hydrogens (tertiary/aromatic N) is 2. The van der Waals surface area contributed by atoms with Gasteiger partial charge in [-0.3, -0.25) is 9.69 Å². The fourth-order valence-electron chi connectivity index (χ4n) is 4.39. The third kappa shape index (κ3) is 4.39. The van der Waals surface area contributed by atoms with E-state index in [0.717, 1.165) is 5.56 Å². The van der Waals surface area contributed by atoms with Crippen molar-refractivity contribution in [2.45, 2.75) is 31.5 Å². The van der Waals surface area contributed by atoms with E-state index in [9.17, 15) is 9.59 Å². The van der Waals surface area contributed by atoms with E-state index in [0.29, 0.717) is 42.9 Å². The van der Waals surface area contributed by atoms with Crippen LogP contribution in [0.5, 0.6) is 5.75 Å². The van der Waals surface area contributed by atoms with Gasteiger partial charge in [0.25, 0.3) is 0 Å². The van der Waals surface area contributed by atoms with Crippen LogP contribution in [0.3, 0.4) is 0 Å². The van der Waals surface area contributed by atoms with Crippen molar-refractivity contribution in [2.75, 3.05) is 20.3 Å². The second-order valence-corrected chi connectivity index (χ2v) is 7.85. The van der Waals surface area contributed by atoms with Crippen molar-refractivity contribution >= 4 is 11.9 Å². The number of Topliss-reactive ketones (excluding diaryl/α,β-unsaturated/α-hetero) is 1. The number of methoxy groups -OCH3 is 1. The first-order valence-electron chi connectivity index (χ1n) is 10.3. The van der Waals surface area contributed by atoms with Gasteiger partial charge < -0.3 is 14.2 Å². The second-order valence-electron chi connectivity index (χ2n) is 7.85. The zero-order chi connectivity index (χ0) is 21.8. The van der Waals surface area contributed by atoms with Gasteiger partial charge in [-0.25, -0.2) is 4.79 Å². The highest BCUT2D eigenvalue weighted by molar-refractivity contribution is 5.98. The zero-order valence-electron chi connectivity index (χ0n) is 17.3. The predicted molar refractivity (Wildman–Crippen MR) is 112 cm³/mol. The number of ether oxygens (including phenoxy) is 3. The SMILES string of the molecule is COc1cc(C(=O)C2CC3COCC(C2)N3C(=O)OCc2ccccc2)ccc1C#N. The van der Waals surface area contributed by atoms with Gasteiger partial charge in [0.2, 0.25) is 0 Å². The summed E-state index contributed by atoms with van der Waals surface area (Å²) in [5.41, 5.74) is 1.83. The van der Waals surface area contributed by atoms with Gasteiger partial charge in [-0.2, -0.15) is 5.26 Å². The number of amides is 1. The standard InChI is InChI=1S/C24H24N2O5/c1-29-22-11-17(7-8-18(22)12-25)23(27)19-9-20-14-30-15-21(10-19)26(20)24(28)31-13-16-5-3-2-4-6-16/h2-8,11,19-21H,9-10,13-15H2,1H3. The lowest BCUT2D eigenvalue weighted by Crippen LogP contribution is -2.59. The summed E-state index contributed by atoms with van der Waals surface area (Å²) in [5.74, 6) is 0.158. The summed E-state index contributed by atoms with van der Waals surface area (Å²) in [5, 5.41) is 9.16. The lowest BCUT2D eigenvalue weighted by atomic mass is 9.80. The molecule has 4 rings (SSSR count). The fourth-order valence-corrected chi connectivity index (χ4v) is 4.39. The molecule has 0 saturated carbocycles. The first kappa shape index (κ1) is 20.9. The number of hydrogen-bond acceptors (Lipinski definition) is 6. The van der Waals surface area contributed by atoms with E-state index in [1.807, 2.05) is 30.3 Å². The number of ketones is 1. The van der Waals surface area contributed by atoms with Crippen LogP contribution in [-0.4, -0.2) is 49.2 Å². The van der Waals surface area contributed by atoms with Crippen molar-refractivity contribution in [1.29, 1.82) is 5.26 Å². The van der Waals surface area contributed by atoms with Gasteiger partial charge >= 0.3 is 6.09 Å². The van der Waals surface area contributed by atoms with Crippen molar-refractivity contribution < 1.29 is 23.8 Å². The second kappa shape index (κ2) is 9.19. The number of nitriles is 1. The molecule has 2 aliphatic heterocycles. The highest BCUT2D eigenvalue weighted by Crippen LogP contribution is 2.35. The molecule has 0 aromatic heterocycles. The largest absolute Gasteiger partial charge is 0.495 e. The lowest BCUT2D eigenvalue weighted by Gasteiger charge is -2.47. The first-order chi connectivity index (χ1) is 15.1. The summed E-state index contributed by atoms with van der Waals surface area (Å²) < 4.78 is 16.4. The van der Waals surface area contributed by atoms with Crippen molar-refractivity contribution in [3.8, 4) is 11.8 Å². The maximum Gasteiger partial charge on any atom is 0.410 e. The molecule has 2 fully saturated rings. The number of rotatable bonds is 5. The molecule has 2 saturated heterocycles. The molecule has 0 aliphatic carbocycles. The Balaban J connectivity index is 1.45. The minimum absolute atomic E-state index is 0.00278. The molecule has 2 atom stereocenters. The van der Waals surface area contributed by atoms with Crippen molar-refractivity contribution in [2.24, 2.45) is 5.92 Å². The Labute approximate surface area is 181 Å². The molecule has 7 heteroatoms. The molecule has 2 aromatic carbocycles. The van der Waals surface area contributed by atoms with Crippen LogP contribution in [0.25, 0.3) is 0 Å². The Morgan fingerprint density at radius 3 is 2.48 bits per heavy atom. The molecule has 160 valence electrons. The first-order valence-corrected chi connectivity index (χ1v) is 10.3. The van der Waals surface area contributed by atoms with E-state index in [1.165, 1.54) is 7.11 Å². The van der Waals surface area contributed by atoms with Crippen molar-refractivity contribution in [3.05, 3.63) is 65.2 Å². The third-order valence-electron chi connectivity index (χ3n) is 5.91. The van der Waals surface area contributed by atoms with Gasteiger partial charge in [0.15, 0.2) is 5.78 Å². The van der Waals surface area contributed by atoms with Gasteiger partial charge in [-0.1, -0.05) is 30.3 Å². The summed E-state index contributed by atoms with van der Waals surface area (Å²) in [6, 6.07) is 16.1. The van der Waals surface area contributed by atoms with E-state index < -0.39 is 0 Å². The number of morpholine rings is 1. The van der Waals surface area contributed by atoms with Gasteiger partial charge in [0.1, 0.15) is 18.4 Å². The predicted octanol–water partition coefficient (Wildman–Crippen LogP) is 3.57. The monoisotopic (exact) mass is 420 g/mol. The third-order valence-corrected chi connectivity index (χ3v) is 5.91. The zero-order valence-corrected chi connectivity index (χ0v) is 17.3. The van der Waals surface area contributed by atoms with Crippen LogP contribution in [0.2, 0.25) is 0 Å². The molecule has 2 aliphatic rings. The number of piperidine rings is 1. The van der Waals surface area contributed by atoms with Gasteiger partial charge in [-0.15, -0.1) is 0 Å². The maximum absolute atomic E-state index is 13.2. The topological polar surface area (TPSA) is 88.9 Å². The smallest absolute Gasteiger partial charge is 0.410 e. The number of carbonyl (C=O) groups excluding carboxylic acids is 2. The Hall–Kier alpha value is -3.37. The highest BCUT2D eigenvalue weighted by Gasteiger charge is 2.44. The lowest BCUT2D eigenvalue weighted by molar-refractivity contribution is -0.0755. The summed E-state index contributed by atoms with van der Waals surface area (Å²) in [6.45, 7) is 0.985. The van der Waals surface area contributed by atoms with Gasteiger partial charge in [0, 0.05) is 11.5 Å². The van der Waals surface area contributed by atoms with Crippen LogP contribution in [0.15, 0.2) is 48.5 Å². The number of carbonyl (C=O) groups is 2. The molecule has 7 nitrogen and oxygen atoms in total. The fraction of sp³-hybridized carbons (Fsp3) is 0.375. The number of benzene rings is 2. The molecule has 1 amide bonds. The molecule has 2 unspecified atom stereocenters. The Bertz CT molecular complexity index is 987. The quantitative estimate of drug-likeness (QED) is 0.687. The Kier molecular flexibility index (Phi) is 6.19. The highest BCUT2D eigenvalue weighted by atomic mass is 16.6. The average molecular weight is 420 g/mol. The van der Waals surface area contributed by atoms with Crippen LogP contribution in [0, 0.1) is 17.2 Å². The van der Waals surface area contributed by atoms with E-state index in [-0.39, 0.29) is 36.5 Å². The molecule has 31 heavy (non-hydrogen) atoms. The molecule has 0 N–H and O–H groups in total. The summed E-state index contributed by atoms with van der Waals surface area (Å²) in [7, 11) is 1.48. The molecule has 0 radical (unpaired) electrons. The van der Waals surface area contributed by atoms with Crippen LogP contribution in [-0.2, 0) is 16.1 Å². The minimum atomic E-state index is -0.368. The molecule has 2 aromatic rings. The molecule has 0 spiro atoms. The van der Waals surface area contributed by atoms with E-state index in [4.69, 9.17) is 19.5 Å². The molecular formula is C24H24N2O5. The summed E-state index contributed by atoms with van der Waals surface area (Å²) in [4.78, 5) is 27.7. The van der Waals surface area contributed by atoms with E-state index in [1.54, 1.807) is 23.1 Å². The van der Waals surface area contributed by atoms with Gasteiger partial charge in [0.05, 0.1) is 38.0 Å². The van der Waals surface area contributed by atoms with E-state index >= 15 is 0 Å². The van der Waals surface area contributed by atoms with Crippen LogP contribution >= 0.6 is 0 Å². The summed E-state index contributed by atoms with van der Waals surface area (Å²) in [6.07, 6.45) is 0.656. The van der Waals surface area contributed by atoms with Crippen LogP contribution < -0.4 is 4.74 Å². The molecule has 2 heterocycles. The maximum atomic E-state index is 13.2. The molecular weight excluding hydrogens is 396 g/mol. The summed E-state index contributed by atoms with van der Waals surface area (Å²) >= 11 is 0. The van der Waals surface area contributed by atoms with Crippen molar-refractivity contribution in [1.82, 2.24) is 4.90 Å². The average Bonchev–Trinajstić information content (AvgIpc) is 2.81. The van der Waals surface area contributed by atoms with Crippen molar-refractivity contribution in [3.63, 3.8) is 0 Å². The molecule has 2 bridgehead atoms. The normalized spacial score (nSPS) is 22.3. The minimum Gasteiger partial charge on any atom is -0.495 e.